The SMILES string of the molecule is CC(C)c1noc(-c2ccc(NS(=O)(=O)c3cc(Cl)ccc3Cl)cc2)n1. The molecule has 6 nitrogen and oxygen atoms in total. The van der Waals surface area contributed by atoms with E-state index in [-0.39, 0.29) is 20.9 Å². The number of halogens is 2. The molecule has 9 heteroatoms. The Labute approximate surface area is 161 Å². The minimum Gasteiger partial charge on any atom is -0.334 e. The van der Waals surface area contributed by atoms with E-state index in [0.29, 0.717) is 23.0 Å². The van der Waals surface area contributed by atoms with Gasteiger partial charge >= 0.3 is 0 Å². The molecule has 0 saturated carbocycles. The van der Waals surface area contributed by atoms with Crippen molar-refractivity contribution in [2.24, 2.45) is 0 Å². The predicted molar refractivity (Wildman–Crippen MR) is 101 cm³/mol. The van der Waals surface area contributed by atoms with Crippen LogP contribution in [0.3, 0.4) is 0 Å². The maximum absolute atomic E-state index is 12.5. The zero-order valence-electron chi connectivity index (χ0n) is 13.9. The summed E-state index contributed by atoms with van der Waals surface area (Å²) in [5, 5.41) is 4.28. The highest BCUT2D eigenvalue weighted by Crippen LogP contribution is 2.28. The standard InChI is InChI=1S/C17H15Cl2N3O3S/c1-10(2)16-20-17(25-21-16)11-3-6-13(7-4-11)22-26(23,24)15-9-12(18)5-8-14(15)19/h3-10,22H,1-2H3. The van der Waals surface area contributed by atoms with Crippen molar-refractivity contribution in [2.75, 3.05) is 4.72 Å². The van der Waals surface area contributed by atoms with Crippen molar-refractivity contribution < 1.29 is 12.9 Å². The highest BCUT2D eigenvalue weighted by Gasteiger charge is 2.19. The Morgan fingerprint density at radius 3 is 2.38 bits per heavy atom. The van der Waals surface area contributed by atoms with Gasteiger partial charge in [0, 0.05) is 22.2 Å². The van der Waals surface area contributed by atoms with Gasteiger partial charge in [0.15, 0.2) is 5.82 Å². The summed E-state index contributed by atoms with van der Waals surface area (Å²) in [6.45, 7) is 3.93. The molecule has 0 atom stereocenters. The third-order valence-electron chi connectivity index (χ3n) is 3.52. The summed E-state index contributed by atoms with van der Waals surface area (Å²) in [6.07, 6.45) is 0. The van der Waals surface area contributed by atoms with Crippen molar-refractivity contribution in [1.82, 2.24) is 10.1 Å². The Hall–Kier alpha value is -2.09. The monoisotopic (exact) mass is 411 g/mol. The third kappa shape index (κ3) is 4.00. The summed E-state index contributed by atoms with van der Waals surface area (Å²) >= 11 is 11.8. The van der Waals surface area contributed by atoms with Gasteiger partial charge in [-0.25, -0.2) is 8.42 Å². The van der Waals surface area contributed by atoms with Crippen LogP contribution in [0.5, 0.6) is 0 Å². The van der Waals surface area contributed by atoms with E-state index in [1.807, 2.05) is 13.8 Å². The maximum Gasteiger partial charge on any atom is 0.263 e. The van der Waals surface area contributed by atoms with E-state index < -0.39 is 10.0 Å². The number of aromatic nitrogens is 2. The average Bonchev–Trinajstić information content (AvgIpc) is 3.07. The van der Waals surface area contributed by atoms with Crippen LogP contribution in [0.4, 0.5) is 5.69 Å². The van der Waals surface area contributed by atoms with Crippen LogP contribution in [0.15, 0.2) is 51.9 Å². The van der Waals surface area contributed by atoms with Crippen molar-refractivity contribution >= 4 is 38.9 Å². The number of nitrogens with one attached hydrogen (secondary N) is 1. The number of nitrogens with zero attached hydrogens (tertiary/aromatic N) is 2. The molecule has 0 amide bonds. The number of benzene rings is 2. The Bertz CT molecular complexity index is 1030. The van der Waals surface area contributed by atoms with Gasteiger partial charge in [0.05, 0.1) is 5.02 Å². The minimum absolute atomic E-state index is 0.0885. The molecule has 3 aromatic rings. The normalized spacial score (nSPS) is 11.7. The van der Waals surface area contributed by atoms with Crippen molar-refractivity contribution in [3.05, 3.63) is 58.3 Å². The van der Waals surface area contributed by atoms with E-state index in [1.54, 1.807) is 24.3 Å². The van der Waals surface area contributed by atoms with Gasteiger partial charge in [0.1, 0.15) is 4.90 Å². The molecule has 0 aliphatic rings. The van der Waals surface area contributed by atoms with Gasteiger partial charge in [-0.05, 0) is 42.5 Å². The van der Waals surface area contributed by atoms with Gasteiger partial charge in [0.25, 0.3) is 15.9 Å². The summed E-state index contributed by atoms with van der Waals surface area (Å²) in [6, 6.07) is 10.8. The number of hydrogen-bond acceptors (Lipinski definition) is 5. The Morgan fingerprint density at radius 2 is 1.77 bits per heavy atom. The summed E-state index contributed by atoms with van der Waals surface area (Å²) < 4.78 is 32.7. The van der Waals surface area contributed by atoms with Gasteiger partial charge in [-0.1, -0.05) is 42.2 Å². The topological polar surface area (TPSA) is 85.1 Å². The smallest absolute Gasteiger partial charge is 0.263 e. The first-order chi connectivity index (χ1) is 12.3. The van der Waals surface area contributed by atoms with Crippen molar-refractivity contribution in [3.8, 4) is 11.5 Å². The lowest BCUT2D eigenvalue weighted by Gasteiger charge is -2.10. The molecule has 0 saturated heterocycles. The van der Waals surface area contributed by atoms with Crippen LogP contribution in [0, 0.1) is 0 Å². The minimum atomic E-state index is -3.87. The lowest BCUT2D eigenvalue weighted by molar-refractivity contribution is 0.419. The zero-order chi connectivity index (χ0) is 18.9. The molecule has 0 radical (unpaired) electrons. The van der Waals surface area contributed by atoms with Crippen molar-refractivity contribution in [2.45, 2.75) is 24.7 Å². The largest absolute Gasteiger partial charge is 0.334 e. The summed E-state index contributed by atoms with van der Waals surface area (Å²) in [7, 11) is -3.87. The second-order valence-electron chi connectivity index (χ2n) is 5.87. The quantitative estimate of drug-likeness (QED) is 0.640. The molecular weight excluding hydrogens is 397 g/mol. The Morgan fingerprint density at radius 1 is 1.08 bits per heavy atom. The first-order valence-electron chi connectivity index (χ1n) is 7.68. The fraction of sp³-hybridized carbons (Fsp3) is 0.176. The molecule has 1 heterocycles. The van der Waals surface area contributed by atoms with Crippen molar-refractivity contribution in [3.63, 3.8) is 0 Å². The van der Waals surface area contributed by atoms with Crippen LogP contribution in [0.2, 0.25) is 10.0 Å². The van der Waals surface area contributed by atoms with Crippen LogP contribution >= 0.6 is 23.2 Å². The van der Waals surface area contributed by atoms with Crippen LogP contribution < -0.4 is 4.72 Å². The Kier molecular flexibility index (Phi) is 5.22. The molecule has 0 spiro atoms. The van der Waals surface area contributed by atoms with Crippen LogP contribution in [0.25, 0.3) is 11.5 Å². The lowest BCUT2D eigenvalue weighted by atomic mass is 10.2. The lowest BCUT2D eigenvalue weighted by Crippen LogP contribution is -2.13. The Balaban J connectivity index is 1.83. The molecular formula is C17H15Cl2N3O3S. The third-order valence-corrected chi connectivity index (χ3v) is 5.62. The highest BCUT2D eigenvalue weighted by atomic mass is 35.5. The molecule has 0 unspecified atom stereocenters. The predicted octanol–water partition coefficient (Wildman–Crippen LogP) is 4.97. The van der Waals surface area contributed by atoms with Gasteiger partial charge in [-0.3, -0.25) is 4.72 Å². The molecule has 136 valence electrons. The van der Waals surface area contributed by atoms with E-state index in [1.165, 1.54) is 18.2 Å². The molecule has 0 bridgehead atoms. The van der Waals surface area contributed by atoms with Crippen molar-refractivity contribution in [1.29, 1.82) is 0 Å². The van der Waals surface area contributed by atoms with Gasteiger partial charge in [-0.2, -0.15) is 4.98 Å². The van der Waals surface area contributed by atoms with E-state index in [2.05, 4.69) is 14.9 Å². The number of sulfonamides is 1. The summed E-state index contributed by atoms with van der Waals surface area (Å²) in [4.78, 5) is 4.22. The number of hydrogen-bond donors (Lipinski definition) is 1. The molecule has 26 heavy (non-hydrogen) atoms. The fourth-order valence-corrected chi connectivity index (χ4v) is 3.98. The first kappa shape index (κ1) is 18.7. The van der Waals surface area contributed by atoms with E-state index in [4.69, 9.17) is 27.7 Å². The molecule has 0 aliphatic carbocycles. The molecule has 2 aromatic carbocycles. The van der Waals surface area contributed by atoms with Crippen LogP contribution in [0.1, 0.15) is 25.6 Å². The summed E-state index contributed by atoms with van der Waals surface area (Å²) in [5.74, 6) is 1.14. The molecule has 3 rings (SSSR count). The highest BCUT2D eigenvalue weighted by molar-refractivity contribution is 7.92. The van der Waals surface area contributed by atoms with Crippen LogP contribution in [-0.2, 0) is 10.0 Å². The number of anilines is 1. The zero-order valence-corrected chi connectivity index (χ0v) is 16.2. The van der Waals surface area contributed by atoms with Gasteiger partial charge in [0.2, 0.25) is 0 Å². The number of rotatable bonds is 5. The van der Waals surface area contributed by atoms with Gasteiger partial charge < -0.3 is 4.52 Å². The second-order valence-corrected chi connectivity index (χ2v) is 8.36. The fourth-order valence-electron chi connectivity index (χ4n) is 2.16. The van der Waals surface area contributed by atoms with E-state index in [9.17, 15) is 8.42 Å². The molecule has 1 N–H and O–H groups in total. The molecule has 0 aliphatic heterocycles. The molecule has 1 aromatic heterocycles. The maximum atomic E-state index is 12.5. The van der Waals surface area contributed by atoms with E-state index in [0.717, 1.165) is 0 Å². The second kappa shape index (κ2) is 7.26. The van der Waals surface area contributed by atoms with Gasteiger partial charge in [-0.15, -0.1) is 0 Å². The average molecular weight is 412 g/mol. The molecule has 0 fully saturated rings. The first-order valence-corrected chi connectivity index (χ1v) is 9.92. The van der Waals surface area contributed by atoms with Crippen LogP contribution in [-0.4, -0.2) is 18.6 Å². The van der Waals surface area contributed by atoms with E-state index >= 15 is 0 Å². The summed E-state index contributed by atoms with van der Waals surface area (Å²) in [5.41, 5.74) is 1.06.